The maximum Gasteiger partial charge on any atom is 0.305 e. The van der Waals surface area contributed by atoms with Gasteiger partial charge in [-0.3, -0.25) is 19.7 Å². The monoisotopic (exact) mass is 384 g/mol. The van der Waals surface area contributed by atoms with Crippen LogP contribution < -0.4 is 4.90 Å². The van der Waals surface area contributed by atoms with Crippen LogP contribution >= 0.6 is 0 Å². The zero-order valence-corrected chi connectivity index (χ0v) is 15.0. The van der Waals surface area contributed by atoms with Gasteiger partial charge in [-0.25, -0.2) is 0 Å². The van der Waals surface area contributed by atoms with Crippen molar-refractivity contribution in [2.75, 3.05) is 18.0 Å². The van der Waals surface area contributed by atoms with E-state index < -0.39 is 16.9 Å². The van der Waals surface area contributed by atoms with Gasteiger partial charge in [0, 0.05) is 30.9 Å². The minimum Gasteiger partial charge on any atom is -0.481 e. The first-order valence-electron chi connectivity index (χ1n) is 8.56. The lowest BCUT2D eigenvalue weighted by Crippen LogP contribution is -2.28. The summed E-state index contributed by atoms with van der Waals surface area (Å²) in [6, 6.07) is 13.5. The first-order chi connectivity index (χ1) is 13.3. The Labute approximate surface area is 161 Å². The molecule has 0 fully saturated rings. The summed E-state index contributed by atoms with van der Waals surface area (Å²) in [6.07, 6.45) is 3.51. The highest BCUT2D eigenvalue weighted by Gasteiger charge is 2.10. The molecular formula is C20H20N2O6. The smallest absolute Gasteiger partial charge is 0.305 e. The molecule has 0 amide bonds. The fourth-order valence-electron chi connectivity index (χ4n) is 2.53. The van der Waals surface area contributed by atoms with Gasteiger partial charge >= 0.3 is 11.9 Å². The topological polar surface area (TPSA) is 121 Å². The summed E-state index contributed by atoms with van der Waals surface area (Å²) in [6.45, 7) is 0.446. The molecule has 0 saturated carbocycles. The van der Waals surface area contributed by atoms with Crippen molar-refractivity contribution in [3.63, 3.8) is 0 Å². The van der Waals surface area contributed by atoms with Crippen molar-refractivity contribution in [1.29, 1.82) is 0 Å². The van der Waals surface area contributed by atoms with Crippen molar-refractivity contribution in [2.45, 2.75) is 12.8 Å². The molecule has 2 aromatic rings. The van der Waals surface area contributed by atoms with Gasteiger partial charge in [0.25, 0.3) is 5.69 Å². The van der Waals surface area contributed by atoms with Gasteiger partial charge in [-0.2, -0.15) is 0 Å². The molecule has 0 aliphatic carbocycles. The van der Waals surface area contributed by atoms with E-state index in [-0.39, 0.29) is 31.6 Å². The van der Waals surface area contributed by atoms with Crippen LogP contribution in [0.15, 0.2) is 48.5 Å². The van der Waals surface area contributed by atoms with Crippen LogP contribution in [0.5, 0.6) is 0 Å². The molecule has 2 rings (SSSR count). The average molecular weight is 384 g/mol. The number of anilines is 1. The predicted molar refractivity (Wildman–Crippen MR) is 105 cm³/mol. The Morgan fingerprint density at radius 3 is 1.68 bits per heavy atom. The number of rotatable bonds is 10. The van der Waals surface area contributed by atoms with Gasteiger partial charge in [0.2, 0.25) is 0 Å². The van der Waals surface area contributed by atoms with Gasteiger partial charge in [0.05, 0.1) is 17.8 Å². The number of carboxylic acids is 2. The summed E-state index contributed by atoms with van der Waals surface area (Å²) >= 11 is 0. The molecule has 0 atom stereocenters. The predicted octanol–water partition coefficient (Wildman–Crippen LogP) is 3.52. The zero-order valence-electron chi connectivity index (χ0n) is 15.0. The standard InChI is InChI=1S/C20H20N2O6/c23-19(24)11-13-21(14-12-20(25)26)17-7-3-15(4-8-17)1-2-16-5-9-18(10-6-16)22(27)28/h1-10H,11-14H2,(H,23,24)(H,25,26)/b2-1+. The Hall–Kier alpha value is -3.68. The Morgan fingerprint density at radius 1 is 0.857 bits per heavy atom. The van der Waals surface area contributed by atoms with E-state index in [4.69, 9.17) is 10.2 Å². The number of non-ortho nitro benzene ring substituents is 1. The zero-order chi connectivity index (χ0) is 20.5. The Bertz CT molecular complexity index is 841. The second kappa shape index (κ2) is 9.86. The van der Waals surface area contributed by atoms with Crippen LogP contribution in [-0.4, -0.2) is 40.2 Å². The van der Waals surface area contributed by atoms with Crippen LogP contribution in [0.25, 0.3) is 12.2 Å². The number of benzene rings is 2. The van der Waals surface area contributed by atoms with Gasteiger partial charge in [-0.1, -0.05) is 24.3 Å². The number of hydrogen-bond donors (Lipinski definition) is 2. The minimum absolute atomic E-state index is 0.0318. The third kappa shape index (κ3) is 6.56. The molecule has 0 aliphatic heterocycles. The first kappa shape index (κ1) is 20.6. The molecule has 146 valence electrons. The molecule has 0 bridgehead atoms. The number of nitro benzene ring substituents is 1. The van der Waals surface area contributed by atoms with Gasteiger partial charge < -0.3 is 15.1 Å². The van der Waals surface area contributed by atoms with Crippen LogP contribution in [0.1, 0.15) is 24.0 Å². The third-order valence-corrected chi connectivity index (χ3v) is 4.02. The summed E-state index contributed by atoms with van der Waals surface area (Å²) in [5.41, 5.74) is 2.48. The summed E-state index contributed by atoms with van der Waals surface area (Å²) in [5, 5.41) is 28.4. The normalized spacial score (nSPS) is 10.7. The largest absolute Gasteiger partial charge is 0.481 e. The Kier molecular flexibility index (Phi) is 7.27. The molecule has 0 aromatic heterocycles. The molecule has 0 aliphatic rings. The van der Waals surface area contributed by atoms with Gasteiger partial charge in [-0.05, 0) is 35.4 Å². The molecule has 0 saturated heterocycles. The summed E-state index contributed by atoms with van der Waals surface area (Å²) < 4.78 is 0. The summed E-state index contributed by atoms with van der Waals surface area (Å²) in [7, 11) is 0. The molecular weight excluding hydrogens is 364 g/mol. The quantitative estimate of drug-likeness (QED) is 0.365. The molecule has 8 heteroatoms. The number of carbonyl (C=O) groups is 2. The van der Waals surface area contributed by atoms with Gasteiger partial charge in [-0.15, -0.1) is 0 Å². The van der Waals surface area contributed by atoms with Crippen molar-refractivity contribution in [1.82, 2.24) is 0 Å². The summed E-state index contributed by atoms with van der Waals surface area (Å²) in [4.78, 5) is 33.6. The number of nitro groups is 1. The molecule has 0 heterocycles. The lowest BCUT2D eigenvalue weighted by molar-refractivity contribution is -0.384. The van der Waals surface area contributed by atoms with E-state index in [1.807, 2.05) is 24.3 Å². The highest BCUT2D eigenvalue weighted by atomic mass is 16.6. The van der Waals surface area contributed by atoms with Crippen molar-refractivity contribution in [3.8, 4) is 0 Å². The minimum atomic E-state index is -0.942. The van der Waals surface area contributed by atoms with Crippen LogP contribution in [0.3, 0.4) is 0 Å². The van der Waals surface area contributed by atoms with E-state index in [0.717, 1.165) is 16.8 Å². The molecule has 0 spiro atoms. The molecule has 0 unspecified atom stereocenters. The number of carboxylic acid groups (broad SMARTS) is 2. The van der Waals surface area contributed by atoms with E-state index in [0.29, 0.717) is 0 Å². The van der Waals surface area contributed by atoms with E-state index in [1.54, 1.807) is 29.2 Å². The van der Waals surface area contributed by atoms with Gasteiger partial charge in [0.1, 0.15) is 0 Å². The second-order valence-electron chi connectivity index (χ2n) is 6.05. The molecule has 8 nitrogen and oxygen atoms in total. The maximum absolute atomic E-state index is 10.8. The van der Waals surface area contributed by atoms with Crippen LogP contribution in [0.2, 0.25) is 0 Å². The molecule has 0 radical (unpaired) electrons. The van der Waals surface area contributed by atoms with Crippen LogP contribution in [0.4, 0.5) is 11.4 Å². The average Bonchev–Trinajstić information content (AvgIpc) is 2.67. The first-order valence-corrected chi connectivity index (χ1v) is 8.56. The third-order valence-electron chi connectivity index (χ3n) is 4.02. The van der Waals surface area contributed by atoms with Crippen LogP contribution in [0, 0.1) is 10.1 Å². The van der Waals surface area contributed by atoms with E-state index in [2.05, 4.69) is 0 Å². The van der Waals surface area contributed by atoms with Gasteiger partial charge in [0.15, 0.2) is 0 Å². The highest BCUT2D eigenvalue weighted by Crippen LogP contribution is 2.19. The number of hydrogen-bond acceptors (Lipinski definition) is 5. The number of aliphatic carboxylic acids is 2. The second-order valence-corrected chi connectivity index (χ2v) is 6.05. The lowest BCUT2D eigenvalue weighted by Gasteiger charge is -2.23. The Balaban J connectivity index is 2.07. The molecule has 2 N–H and O–H groups in total. The molecule has 2 aromatic carbocycles. The van der Waals surface area contributed by atoms with Crippen LogP contribution in [-0.2, 0) is 9.59 Å². The van der Waals surface area contributed by atoms with E-state index in [9.17, 15) is 19.7 Å². The van der Waals surface area contributed by atoms with E-state index in [1.165, 1.54) is 12.1 Å². The van der Waals surface area contributed by atoms with Crippen molar-refractivity contribution >= 4 is 35.5 Å². The fraction of sp³-hybridized carbons (Fsp3) is 0.200. The van der Waals surface area contributed by atoms with E-state index >= 15 is 0 Å². The van der Waals surface area contributed by atoms with Crippen molar-refractivity contribution < 1.29 is 24.7 Å². The maximum atomic E-state index is 10.8. The summed E-state index contributed by atoms with van der Waals surface area (Å²) in [5.74, 6) is -1.88. The highest BCUT2D eigenvalue weighted by molar-refractivity contribution is 5.72. The fourth-order valence-corrected chi connectivity index (χ4v) is 2.53. The SMILES string of the molecule is O=C(O)CCN(CCC(=O)O)c1ccc(/C=C/c2ccc([N+](=O)[O-])cc2)cc1. The van der Waals surface area contributed by atoms with Crippen molar-refractivity contribution in [2.24, 2.45) is 0 Å². The Morgan fingerprint density at radius 2 is 1.29 bits per heavy atom. The molecule has 28 heavy (non-hydrogen) atoms. The number of nitrogens with zero attached hydrogens (tertiary/aromatic N) is 2. The lowest BCUT2D eigenvalue weighted by atomic mass is 10.1. The van der Waals surface area contributed by atoms with Crippen molar-refractivity contribution in [3.05, 3.63) is 69.8 Å².